The number of H-pyrrole nitrogens is 1. The van der Waals surface area contributed by atoms with E-state index in [-0.39, 0.29) is 12.1 Å². The highest BCUT2D eigenvalue weighted by Crippen LogP contribution is 2.31. The molecule has 2 heterocycles. The molecule has 0 saturated heterocycles. The molecule has 2 amide bonds. The highest BCUT2D eigenvalue weighted by atomic mass is 35.5. The Labute approximate surface area is 166 Å². The lowest BCUT2D eigenvalue weighted by Crippen LogP contribution is -2.52. The summed E-state index contributed by atoms with van der Waals surface area (Å²) < 4.78 is 5.03. The Morgan fingerprint density at radius 2 is 2.18 bits per heavy atom. The summed E-state index contributed by atoms with van der Waals surface area (Å²) in [6.07, 6.45) is 4.24. The highest BCUT2D eigenvalue weighted by Gasteiger charge is 2.29. The van der Waals surface area contributed by atoms with Gasteiger partial charge in [-0.2, -0.15) is 0 Å². The molecule has 0 aliphatic heterocycles. The van der Waals surface area contributed by atoms with Crippen molar-refractivity contribution in [2.45, 2.75) is 31.5 Å². The normalized spacial score (nSPS) is 18.5. The quantitative estimate of drug-likeness (QED) is 0.525. The van der Waals surface area contributed by atoms with Crippen LogP contribution >= 0.6 is 11.6 Å². The number of fused-ring (bicyclic) bond motifs is 1. The Balaban J connectivity index is 1.48. The molecule has 8 nitrogen and oxygen atoms in total. The molecule has 1 aliphatic carbocycles. The lowest BCUT2D eigenvalue weighted by atomic mass is 9.89. The first-order chi connectivity index (χ1) is 13.5. The van der Waals surface area contributed by atoms with E-state index in [2.05, 4.69) is 25.6 Å². The Hall–Kier alpha value is -2.84. The molecular weight excluding hydrogens is 382 g/mol. The summed E-state index contributed by atoms with van der Waals surface area (Å²) in [6, 6.07) is 5.23. The molecule has 2 atom stereocenters. The van der Waals surface area contributed by atoms with Crippen LogP contribution in [-0.4, -0.2) is 45.3 Å². The maximum absolute atomic E-state index is 11.9. The maximum atomic E-state index is 11.9. The summed E-state index contributed by atoms with van der Waals surface area (Å²) >= 11 is 6.43. The number of aliphatic hydroxyl groups is 1. The smallest absolute Gasteiger partial charge is 0.315 e. The number of rotatable bonds is 5. The van der Waals surface area contributed by atoms with E-state index in [4.69, 9.17) is 16.3 Å². The summed E-state index contributed by atoms with van der Waals surface area (Å²) in [5, 5.41) is 16.6. The maximum Gasteiger partial charge on any atom is 0.315 e. The molecule has 0 unspecified atom stereocenters. The minimum Gasteiger partial charge on any atom is -0.480 e. The number of aromatic nitrogens is 3. The molecule has 1 saturated carbocycles. The number of halogens is 1. The van der Waals surface area contributed by atoms with Crippen LogP contribution in [0.5, 0.6) is 5.88 Å². The van der Waals surface area contributed by atoms with Crippen molar-refractivity contribution in [2.75, 3.05) is 7.11 Å². The third kappa shape index (κ3) is 3.74. The van der Waals surface area contributed by atoms with Gasteiger partial charge in [0.05, 0.1) is 48.9 Å². The monoisotopic (exact) mass is 401 g/mol. The van der Waals surface area contributed by atoms with Crippen molar-refractivity contribution < 1.29 is 14.6 Å². The summed E-state index contributed by atoms with van der Waals surface area (Å²) in [7, 11) is 1.53. The molecule has 2 aromatic heterocycles. The molecule has 4 N–H and O–H groups in total. The second-order valence-electron chi connectivity index (χ2n) is 6.74. The molecule has 4 rings (SSSR count). The molecule has 1 aromatic carbocycles. The van der Waals surface area contributed by atoms with Crippen molar-refractivity contribution >= 4 is 28.5 Å². The van der Waals surface area contributed by atoms with Crippen LogP contribution in [0.4, 0.5) is 4.79 Å². The Kier molecular flexibility index (Phi) is 5.06. The van der Waals surface area contributed by atoms with E-state index in [1.165, 1.54) is 13.3 Å². The Morgan fingerprint density at radius 1 is 1.32 bits per heavy atom. The second kappa shape index (κ2) is 7.65. The van der Waals surface area contributed by atoms with Crippen molar-refractivity contribution in [3.8, 4) is 17.1 Å². The number of aliphatic hydroxyl groups excluding tert-OH is 1. The number of aromatic amines is 1. The van der Waals surface area contributed by atoms with Gasteiger partial charge >= 0.3 is 6.03 Å². The number of hydrogen-bond acceptors (Lipinski definition) is 5. The fraction of sp³-hybridized carbons (Fsp3) is 0.316. The van der Waals surface area contributed by atoms with E-state index < -0.39 is 6.10 Å². The number of hydrogen-bond donors (Lipinski definition) is 4. The van der Waals surface area contributed by atoms with E-state index in [0.29, 0.717) is 23.1 Å². The fourth-order valence-corrected chi connectivity index (χ4v) is 3.38. The summed E-state index contributed by atoms with van der Waals surface area (Å²) in [4.78, 5) is 23.7. The number of carbonyl (C=O) groups is 1. The number of nitrogens with one attached hydrogen (secondary N) is 3. The van der Waals surface area contributed by atoms with Crippen molar-refractivity contribution in [2.24, 2.45) is 0 Å². The Morgan fingerprint density at radius 3 is 2.82 bits per heavy atom. The van der Waals surface area contributed by atoms with Crippen molar-refractivity contribution in [1.29, 1.82) is 0 Å². The molecule has 0 spiro atoms. The van der Waals surface area contributed by atoms with Crippen LogP contribution in [0.3, 0.4) is 0 Å². The van der Waals surface area contributed by atoms with Gasteiger partial charge in [-0.3, -0.25) is 0 Å². The van der Waals surface area contributed by atoms with Gasteiger partial charge in [-0.05, 0) is 31.0 Å². The number of carbonyl (C=O) groups excluding carboxylic acids is 1. The zero-order valence-electron chi connectivity index (χ0n) is 15.2. The summed E-state index contributed by atoms with van der Waals surface area (Å²) in [5.74, 6) is 0.432. The minimum absolute atomic E-state index is 0.158. The van der Waals surface area contributed by atoms with Gasteiger partial charge in [0.15, 0.2) is 0 Å². The number of urea groups is 1. The van der Waals surface area contributed by atoms with Crippen LogP contribution in [0.25, 0.3) is 22.2 Å². The van der Waals surface area contributed by atoms with Crippen molar-refractivity contribution in [1.82, 2.24) is 25.6 Å². The lowest BCUT2D eigenvalue weighted by Gasteiger charge is -2.32. The van der Waals surface area contributed by atoms with Gasteiger partial charge in [-0.15, -0.1) is 0 Å². The predicted octanol–water partition coefficient (Wildman–Crippen LogP) is 2.61. The minimum atomic E-state index is -0.444. The molecule has 146 valence electrons. The first kappa shape index (κ1) is 18.5. The molecule has 0 radical (unpaired) electrons. The first-order valence-electron chi connectivity index (χ1n) is 8.93. The average molecular weight is 402 g/mol. The fourth-order valence-electron chi connectivity index (χ4n) is 3.11. The third-order valence-electron chi connectivity index (χ3n) is 4.87. The second-order valence-corrected chi connectivity index (χ2v) is 7.14. The van der Waals surface area contributed by atoms with Gasteiger partial charge in [-0.25, -0.2) is 14.8 Å². The van der Waals surface area contributed by atoms with E-state index in [0.717, 1.165) is 35.0 Å². The zero-order chi connectivity index (χ0) is 19.7. The molecule has 3 aromatic rings. The van der Waals surface area contributed by atoms with E-state index in [9.17, 15) is 9.90 Å². The lowest BCUT2D eigenvalue weighted by molar-refractivity contribution is 0.0548. The molecule has 28 heavy (non-hydrogen) atoms. The average Bonchev–Trinajstić information content (AvgIpc) is 3.10. The molecule has 0 bridgehead atoms. The first-order valence-corrected chi connectivity index (χ1v) is 9.31. The largest absolute Gasteiger partial charge is 0.480 e. The van der Waals surface area contributed by atoms with Crippen LogP contribution in [0.15, 0.2) is 30.6 Å². The Bertz CT molecular complexity index is 1000. The van der Waals surface area contributed by atoms with Crippen molar-refractivity contribution in [3.05, 3.63) is 41.3 Å². The molecule has 9 heteroatoms. The highest BCUT2D eigenvalue weighted by molar-refractivity contribution is 6.34. The van der Waals surface area contributed by atoms with E-state index >= 15 is 0 Å². The predicted molar refractivity (Wildman–Crippen MR) is 105 cm³/mol. The van der Waals surface area contributed by atoms with E-state index in [1.54, 1.807) is 6.20 Å². The topological polar surface area (TPSA) is 112 Å². The third-order valence-corrected chi connectivity index (χ3v) is 5.18. The summed E-state index contributed by atoms with van der Waals surface area (Å²) in [6.45, 7) is 0.332. The van der Waals surface area contributed by atoms with Crippen LogP contribution in [0, 0.1) is 0 Å². The number of methoxy groups -OCH3 is 1. The van der Waals surface area contributed by atoms with Crippen LogP contribution in [-0.2, 0) is 6.54 Å². The SMILES string of the molecule is COc1cnc(-c2cc3[nH]c(CNC(=O)N[C@@H]4CC[C@@H]4O)cc3cc2Cl)cn1. The van der Waals surface area contributed by atoms with Gasteiger partial charge in [0.2, 0.25) is 5.88 Å². The number of ether oxygens (including phenoxy) is 1. The van der Waals surface area contributed by atoms with Gasteiger partial charge in [0.1, 0.15) is 0 Å². The van der Waals surface area contributed by atoms with E-state index in [1.807, 2.05) is 18.2 Å². The number of nitrogens with zero attached hydrogens (tertiary/aromatic N) is 2. The van der Waals surface area contributed by atoms with Gasteiger partial charge in [0, 0.05) is 22.2 Å². The van der Waals surface area contributed by atoms with Gasteiger partial charge in [0.25, 0.3) is 0 Å². The molecule has 1 aliphatic rings. The van der Waals surface area contributed by atoms with Crippen molar-refractivity contribution in [3.63, 3.8) is 0 Å². The summed E-state index contributed by atoms with van der Waals surface area (Å²) in [5.41, 5.74) is 3.11. The standard InChI is InChI=1S/C19H20ClN5O3/c1-28-18-9-21-16(8-22-18)12-6-15-10(5-13(12)20)4-11(24-15)7-23-19(27)25-14-2-3-17(14)26/h4-6,8-9,14,17,24,26H,2-3,7H2,1H3,(H2,23,25,27)/t14-,17+/m1/s1. The molecule has 1 fully saturated rings. The number of amides is 2. The van der Waals surface area contributed by atoms with Crippen LogP contribution in [0.1, 0.15) is 18.5 Å². The van der Waals surface area contributed by atoms with Gasteiger partial charge < -0.3 is 25.5 Å². The zero-order valence-corrected chi connectivity index (χ0v) is 16.0. The number of benzene rings is 1. The van der Waals surface area contributed by atoms with Crippen LogP contribution in [0.2, 0.25) is 5.02 Å². The molecular formula is C19H20ClN5O3. The van der Waals surface area contributed by atoms with Gasteiger partial charge in [-0.1, -0.05) is 11.6 Å². The van der Waals surface area contributed by atoms with Crippen LogP contribution < -0.4 is 15.4 Å².